The molecular weight excluding hydrogens is 271 g/mol. The predicted octanol–water partition coefficient (Wildman–Crippen LogP) is 3.87. The lowest BCUT2D eigenvalue weighted by molar-refractivity contribution is -0.0327. The molecule has 0 amide bonds. The van der Waals surface area contributed by atoms with E-state index in [0.29, 0.717) is 24.3 Å². The van der Waals surface area contributed by atoms with E-state index in [-0.39, 0.29) is 17.5 Å². The average Bonchev–Trinajstić information content (AvgIpc) is 2.27. The van der Waals surface area contributed by atoms with E-state index in [4.69, 9.17) is 11.6 Å². The van der Waals surface area contributed by atoms with Crippen LogP contribution >= 0.6 is 23.4 Å². The molecule has 1 rings (SSSR count). The van der Waals surface area contributed by atoms with E-state index in [0.717, 1.165) is 19.4 Å². The Balaban J connectivity index is 2.08. The van der Waals surface area contributed by atoms with E-state index in [1.165, 1.54) is 12.8 Å². The van der Waals surface area contributed by atoms with Crippen LogP contribution in [0.4, 0.5) is 13.2 Å². The smallest absolute Gasteiger partial charge is 0.316 e. The first-order chi connectivity index (χ1) is 8.03. The number of hydrogen-bond donors (Lipinski definition) is 1. The van der Waals surface area contributed by atoms with Crippen molar-refractivity contribution in [3.05, 3.63) is 0 Å². The van der Waals surface area contributed by atoms with Gasteiger partial charge in [0.15, 0.2) is 0 Å². The first-order valence-electron chi connectivity index (χ1n) is 6.00. The summed E-state index contributed by atoms with van der Waals surface area (Å²) >= 11 is 5.93. The van der Waals surface area contributed by atoms with Crippen molar-refractivity contribution in [2.24, 2.45) is 11.8 Å². The van der Waals surface area contributed by atoms with E-state index in [2.05, 4.69) is 5.32 Å². The maximum Gasteiger partial charge on any atom is 0.441 e. The minimum absolute atomic E-state index is 0.0382. The lowest BCUT2D eigenvalue weighted by Crippen LogP contribution is -2.32. The van der Waals surface area contributed by atoms with Crippen molar-refractivity contribution in [1.29, 1.82) is 0 Å². The summed E-state index contributed by atoms with van der Waals surface area (Å²) in [7, 11) is 0. The normalized spacial score (nSPS) is 26.1. The van der Waals surface area contributed by atoms with Crippen molar-refractivity contribution in [2.75, 3.05) is 24.7 Å². The van der Waals surface area contributed by atoms with Crippen LogP contribution in [0.2, 0.25) is 0 Å². The molecule has 0 heterocycles. The quantitative estimate of drug-likeness (QED) is 0.588. The van der Waals surface area contributed by atoms with Crippen molar-refractivity contribution >= 4 is 23.4 Å². The first-order valence-corrected chi connectivity index (χ1v) is 7.52. The number of alkyl halides is 4. The molecule has 17 heavy (non-hydrogen) atoms. The second-order valence-corrected chi connectivity index (χ2v) is 5.93. The zero-order valence-corrected chi connectivity index (χ0v) is 11.3. The summed E-state index contributed by atoms with van der Waals surface area (Å²) in [6.07, 6.45) is 4.76. The molecule has 0 radical (unpaired) electrons. The van der Waals surface area contributed by atoms with Gasteiger partial charge in [-0.15, -0.1) is 11.6 Å². The van der Waals surface area contributed by atoms with Crippen molar-refractivity contribution in [2.45, 2.75) is 31.2 Å². The van der Waals surface area contributed by atoms with Crippen LogP contribution < -0.4 is 5.32 Å². The van der Waals surface area contributed by atoms with Crippen LogP contribution in [-0.4, -0.2) is 30.2 Å². The Labute approximate surface area is 110 Å². The van der Waals surface area contributed by atoms with Crippen LogP contribution in [0.3, 0.4) is 0 Å². The van der Waals surface area contributed by atoms with Gasteiger partial charge in [0.05, 0.1) is 0 Å². The Morgan fingerprint density at radius 1 is 1.18 bits per heavy atom. The van der Waals surface area contributed by atoms with Crippen molar-refractivity contribution < 1.29 is 13.2 Å². The Hall–Kier alpha value is 0.390. The second-order valence-electron chi connectivity index (χ2n) is 4.46. The number of rotatable bonds is 6. The SMILES string of the molecule is FC(F)(F)SCCNCC1CCCCC1CCl. The van der Waals surface area contributed by atoms with Gasteiger partial charge in [-0.05, 0) is 43.0 Å². The van der Waals surface area contributed by atoms with Crippen molar-refractivity contribution in [3.8, 4) is 0 Å². The minimum Gasteiger partial charge on any atom is -0.316 e. The highest BCUT2D eigenvalue weighted by atomic mass is 35.5. The summed E-state index contributed by atoms with van der Waals surface area (Å²) < 4.78 is 35.6. The molecule has 1 nitrogen and oxygen atoms in total. The van der Waals surface area contributed by atoms with E-state index in [9.17, 15) is 13.2 Å². The standard InChI is InChI=1S/C11H19ClF3NS/c12-7-9-3-1-2-4-10(9)8-16-5-6-17-11(13,14)15/h9-10,16H,1-8H2. The lowest BCUT2D eigenvalue weighted by atomic mass is 9.80. The molecule has 0 saturated heterocycles. The molecule has 102 valence electrons. The summed E-state index contributed by atoms with van der Waals surface area (Å²) in [5.74, 6) is 1.83. The molecule has 0 aromatic rings. The molecule has 0 aromatic heterocycles. The lowest BCUT2D eigenvalue weighted by Gasteiger charge is -2.30. The number of halogens is 4. The van der Waals surface area contributed by atoms with Crippen LogP contribution in [0, 0.1) is 11.8 Å². The van der Waals surface area contributed by atoms with Gasteiger partial charge in [0.2, 0.25) is 0 Å². The van der Waals surface area contributed by atoms with Crippen molar-refractivity contribution in [3.63, 3.8) is 0 Å². The predicted molar refractivity (Wildman–Crippen MR) is 67.6 cm³/mol. The third kappa shape index (κ3) is 6.77. The highest BCUT2D eigenvalue weighted by molar-refractivity contribution is 8.00. The second kappa shape index (κ2) is 7.74. The number of nitrogens with one attached hydrogen (secondary N) is 1. The molecule has 2 atom stereocenters. The molecule has 1 saturated carbocycles. The largest absolute Gasteiger partial charge is 0.441 e. The van der Waals surface area contributed by atoms with Gasteiger partial charge in [0.25, 0.3) is 0 Å². The summed E-state index contributed by atoms with van der Waals surface area (Å²) in [6.45, 7) is 1.21. The van der Waals surface area contributed by atoms with Gasteiger partial charge < -0.3 is 5.32 Å². The molecule has 0 spiro atoms. The van der Waals surface area contributed by atoms with Crippen LogP contribution in [0.5, 0.6) is 0 Å². The molecule has 1 aliphatic carbocycles. The summed E-state index contributed by atoms with van der Waals surface area (Å²) in [4.78, 5) is 0. The monoisotopic (exact) mass is 289 g/mol. The molecule has 0 aliphatic heterocycles. The van der Waals surface area contributed by atoms with Crippen molar-refractivity contribution in [1.82, 2.24) is 5.32 Å². The zero-order valence-electron chi connectivity index (χ0n) is 9.73. The fraction of sp³-hybridized carbons (Fsp3) is 1.00. The fourth-order valence-electron chi connectivity index (χ4n) is 2.28. The van der Waals surface area contributed by atoms with E-state index >= 15 is 0 Å². The van der Waals surface area contributed by atoms with Crippen LogP contribution in [-0.2, 0) is 0 Å². The van der Waals surface area contributed by atoms with Crippen LogP contribution in [0.15, 0.2) is 0 Å². The maximum atomic E-state index is 11.9. The van der Waals surface area contributed by atoms with Gasteiger partial charge in [-0.3, -0.25) is 0 Å². The van der Waals surface area contributed by atoms with Crippen LogP contribution in [0.1, 0.15) is 25.7 Å². The Morgan fingerprint density at radius 3 is 2.41 bits per heavy atom. The summed E-state index contributed by atoms with van der Waals surface area (Å²) in [6, 6.07) is 0. The molecular formula is C11H19ClF3NS. The third-order valence-electron chi connectivity index (χ3n) is 3.22. The molecule has 0 bridgehead atoms. The summed E-state index contributed by atoms with van der Waals surface area (Å²) in [5, 5.41) is 3.11. The Kier molecular flexibility index (Phi) is 7.04. The molecule has 1 fully saturated rings. The molecule has 1 aliphatic rings. The first kappa shape index (κ1) is 15.4. The Bertz CT molecular complexity index is 213. The highest BCUT2D eigenvalue weighted by Gasteiger charge is 2.27. The molecule has 2 unspecified atom stereocenters. The summed E-state index contributed by atoms with van der Waals surface area (Å²) in [5.41, 5.74) is -4.11. The maximum absolute atomic E-state index is 11.9. The number of thioether (sulfide) groups is 1. The average molecular weight is 290 g/mol. The molecule has 6 heteroatoms. The topological polar surface area (TPSA) is 12.0 Å². The van der Waals surface area contributed by atoms with Gasteiger partial charge >= 0.3 is 5.51 Å². The van der Waals surface area contributed by atoms with Gasteiger partial charge in [-0.25, -0.2) is 0 Å². The zero-order chi connectivity index (χ0) is 12.7. The van der Waals surface area contributed by atoms with E-state index < -0.39 is 5.51 Å². The molecule has 1 N–H and O–H groups in total. The van der Waals surface area contributed by atoms with Crippen LogP contribution in [0.25, 0.3) is 0 Å². The van der Waals surface area contributed by atoms with Gasteiger partial charge in [-0.2, -0.15) is 13.2 Å². The van der Waals surface area contributed by atoms with Gasteiger partial charge in [0, 0.05) is 18.2 Å². The van der Waals surface area contributed by atoms with Gasteiger partial charge in [0.1, 0.15) is 0 Å². The highest BCUT2D eigenvalue weighted by Crippen LogP contribution is 2.31. The fourth-order valence-corrected chi connectivity index (χ4v) is 3.17. The molecule has 0 aromatic carbocycles. The Morgan fingerprint density at radius 2 is 1.82 bits per heavy atom. The minimum atomic E-state index is -4.11. The third-order valence-corrected chi connectivity index (χ3v) is 4.35. The van der Waals surface area contributed by atoms with Gasteiger partial charge in [-0.1, -0.05) is 12.8 Å². The van der Waals surface area contributed by atoms with E-state index in [1.807, 2.05) is 0 Å². The number of hydrogen-bond acceptors (Lipinski definition) is 2. The van der Waals surface area contributed by atoms with E-state index in [1.54, 1.807) is 0 Å².